The van der Waals surface area contributed by atoms with Gasteiger partial charge in [0, 0.05) is 0 Å². The average Bonchev–Trinajstić information content (AvgIpc) is 2.68. The van der Waals surface area contributed by atoms with Gasteiger partial charge in [-0.05, 0) is 0 Å². The normalized spacial score (nSPS) is 11.4. The Labute approximate surface area is 152 Å². The summed E-state index contributed by atoms with van der Waals surface area (Å²) in [4.78, 5) is 0. The Morgan fingerprint density at radius 3 is 1.33 bits per heavy atom. The van der Waals surface area contributed by atoms with E-state index in [1.54, 1.807) is 15.6 Å². The fourth-order valence-electron chi connectivity index (χ4n) is 3.14. The average molecular weight is 395 g/mol. The summed E-state index contributed by atoms with van der Waals surface area (Å²) in [6.45, 7) is 0.400. The molecule has 24 heavy (non-hydrogen) atoms. The van der Waals surface area contributed by atoms with Crippen LogP contribution in [0.25, 0.3) is 0 Å². The minimum absolute atomic E-state index is 0.590. The number of hydrogen-bond acceptors (Lipinski definition) is 0. The Morgan fingerprint density at radius 1 is 0.625 bits per heavy atom. The second-order valence-corrected chi connectivity index (χ2v) is 15.9. The van der Waals surface area contributed by atoms with Gasteiger partial charge >= 0.3 is 153 Å². The zero-order chi connectivity index (χ0) is 16.7. The fraction of sp³-hybridized carbons (Fsp3) is 0.182. The van der Waals surface area contributed by atoms with E-state index >= 15 is 0 Å². The van der Waals surface area contributed by atoms with Gasteiger partial charge in [0.05, 0.1) is 0 Å². The second-order valence-electron chi connectivity index (χ2n) is 5.98. The fourth-order valence-corrected chi connectivity index (χ4v) is 16.2. The van der Waals surface area contributed by atoms with Crippen molar-refractivity contribution < 1.29 is 0 Å². The Kier molecular flexibility index (Phi) is 6.09. The van der Waals surface area contributed by atoms with Crippen molar-refractivity contribution in [3.8, 4) is 0 Å². The van der Waals surface area contributed by atoms with Gasteiger partial charge in [-0.2, -0.15) is 0 Å². The monoisotopic (exact) mass is 396 g/mol. The van der Waals surface area contributed by atoms with Crippen LogP contribution >= 0.6 is 0 Å². The third-order valence-corrected chi connectivity index (χ3v) is 17.5. The van der Waals surface area contributed by atoms with Crippen molar-refractivity contribution in [2.45, 2.75) is 25.1 Å². The number of hydrogen-bond donors (Lipinski definition) is 0. The molecule has 0 aromatic heterocycles. The molecular weight excluding hydrogens is 371 g/mol. The summed E-state index contributed by atoms with van der Waals surface area (Å²) in [5.41, 5.74) is 0. The number of unbranched alkanes of at least 4 members (excludes halogenated alkanes) is 1. The summed E-state index contributed by atoms with van der Waals surface area (Å²) in [5.74, 6) is 0. The maximum absolute atomic E-state index is 2.36. The molecule has 0 atom stereocenters. The van der Waals surface area contributed by atoms with E-state index in [0.717, 1.165) is 0 Å². The Hall–Kier alpha value is -1.60. The van der Waals surface area contributed by atoms with Gasteiger partial charge in [-0.1, -0.05) is 0 Å². The summed E-state index contributed by atoms with van der Waals surface area (Å²) >= 11 is 0.590. The minimum atomic E-state index is -1.90. The van der Waals surface area contributed by atoms with E-state index in [2.05, 4.69) is 97.9 Å². The summed E-state index contributed by atoms with van der Waals surface area (Å²) in [7, 11) is 0. The van der Waals surface area contributed by atoms with Gasteiger partial charge in [0.15, 0.2) is 0 Å². The molecule has 0 N–H and O–H groups in total. The van der Waals surface area contributed by atoms with Gasteiger partial charge in [0.1, 0.15) is 0 Å². The molecule has 0 unspecified atom stereocenters. The van der Waals surface area contributed by atoms with E-state index in [4.69, 9.17) is 0 Å². The van der Waals surface area contributed by atoms with E-state index in [0.29, 0.717) is 14.3 Å². The topological polar surface area (TPSA) is 0 Å². The van der Waals surface area contributed by atoms with E-state index < -0.39 is 6.68 Å². The SMILES string of the molecule is CCCC[Se][Si](c1ccccc1)(c1ccccc1)c1ccccc1. The van der Waals surface area contributed by atoms with E-state index in [1.165, 1.54) is 18.2 Å². The molecule has 0 bridgehead atoms. The molecule has 3 aromatic carbocycles. The summed E-state index contributed by atoms with van der Waals surface area (Å²) in [5, 5.41) is 6.02. The molecule has 0 aliphatic heterocycles. The first kappa shape index (κ1) is 17.2. The van der Waals surface area contributed by atoms with Crippen molar-refractivity contribution >= 4 is 36.6 Å². The van der Waals surface area contributed by atoms with Crippen LogP contribution in [0, 0.1) is 0 Å². The molecule has 0 aliphatic rings. The molecule has 0 spiro atoms. The standard InChI is InChI=1S/C22H24SeSi/c1-2-3-19-23-24(20-13-7-4-8-14-20,21-15-9-5-10-16-21)22-17-11-6-12-18-22/h4-18H,2-3,19H2,1H3. The van der Waals surface area contributed by atoms with Gasteiger partial charge in [-0.25, -0.2) is 0 Å². The molecule has 0 nitrogen and oxygen atoms in total. The van der Waals surface area contributed by atoms with Crippen LogP contribution in [0.15, 0.2) is 91.0 Å². The van der Waals surface area contributed by atoms with Crippen molar-refractivity contribution in [1.82, 2.24) is 0 Å². The van der Waals surface area contributed by atoms with Crippen LogP contribution in [0.5, 0.6) is 0 Å². The predicted molar refractivity (Wildman–Crippen MR) is 109 cm³/mol. The Balaban J connectivity index is 2.20. The predicted octanol–water partition coefficient (Wildman–Crippen LogP) is 3.58. The van der Waals surface area contributed by atoms with Gasteiger partial charge in [0.2, 0.25) is 0 Å². The molecule has 2 heteroatoms. The molecule has 3 rings (SSSR count). The second kappa shape index (κ2) is 8.48. The van der Waals surface area contributed by atoms with Crippen LogP contribution < -0.4 is 15.6 Å². The van der Waals surface area contributed by atoms with Crippen molar-refractivity contribution in [3.05, 3.63) is 91.0 Å². The molecule has 0 saturated carbocycles. The van der Waals surface area contributed by atoms with Gasteiger partial charge < -0.3 is 0 Å². The van der Waals surface area contributed by atoms with Crippen LogP contribution in [-0.4, -0.2) is 21.0 Å². The van der Waals surface area contributed by atoms with Crippen LogP contribution in [-0.2, 0) is 0 Å². The van der Waals surface area contributed by atoms with Crippen molar-refractivity contribution in [2.24, 2.45) is 0 Å². The third-order valence-electron chi connectivity index (χ3n) is 4.36. The van der Waals surface area contributed by atoms with E-state index in [1.807, 2.05) is 0 Å². The van der Waals surface area contributed by atoms with Gasteiger partial charge in [-0.15, -0.1) is 0 Å². The first-order chi connectivity index (χ1) is 11.9. The van der Waals surface area contributed by atoms with Crippen molar-refractivity contribution in [1.29, 1.82) is 0 Å². The van der Waals surface area contributed by atoms with Gasteiger partial charge in [-0.3, -0.25) is 0 Å². The first-order valence-corrected chi connectivity index (χ1v) is 14.4. The molecule has 3 aromatic rings. The van der Waals surface area contributed by atoms with Crippen molar-refractivity contribution in [3.63, 3.8) is 0 Å². The van der Waals surface area contributed by atoms with Gasteiger partial charge in [0.25, 0.3) is 0 Å². The van der Waals surface area contributed by atoms with Crippen LogP contribution in [0.1, 0.15) is 19.8 Å². The Morgan fingerprint density at radius 2 is 1.00 bits per heavy atom. The first-order valence-electron chi connectivity index (χ1n) is 8.68. The molecular formula is C22H24SeSi. The maximum atomic E-state index is 2.36. The molecule has 0 saturated heterocycles. The van der Waals surface area contributed by atoms with Crippen LogP contribution in [0.2, 0.25) is 5.32 Å². The zero-order valence-corrected chi connectivity index (χ0v) is 16.9. The van der Waals surface area contributed by atoms with Crippen LogP contribution in [0.3, 0.4) is 0 Å². The number of rotatable bonds is 7. The molecule has 122 valence electrons. The van der Waals surface area contributed by atoms with Crippen LogP contribution in [0.4, 0.5) is 0 Å². The summed E-state index contributed by atoms with van der Waals surface area (Å²) < 4.78 is 0. The van der Waals surface area contributed by atoms with Crippen molar-refractivity contribution in [2.75, 3.05) is 0 Å². The molecule has 0 fully saturated rings. The Bertz CT molecular complexity index is 629. The molecule has 0 aliphatic carbocycles. The van der Waals surface area contributed by atoms with E-state index in [-0.39, 0.29) is 0 Å². The summed E-state index contributed by atoms with van der Waals surface area (Å²) in [6.07, 6.45) is 2.62. The third kappa shape index (κ3) is 3.56. The summed E-state index contributed by atoms with van der Waals surface area (Å²) in [6, 6.07) is 33.8. The molecule has 0 amide bonds. The molecule has 0 heterocycles. The molecule has 0 radical (unpaired) electrons. The quantitative estimate of drug-likeness (QED) is 0.326. The number of benzene rings is 3. The van der Waals surface area contributed by atoms with E-state index in [9.17, 15) is 0 Å². The zero-order valence-electron chi connectivity index (χ0n) is 14.2.